The fourth-order valence-electron chi connectivity index (χ4n) is 2.99. The molecule has 0 bridgehead atoms. The normalized spacial score (nSPS) is 11.3. The molecule has 4 rings (SSSR count). The molecule has 0 saturated carbocycles. The van der Waals surface area contributed by atoms with E-state index in [0.717, 1.165) is 45.2 Å². The van der Waals surface area contributed by atoms with E-state index >= 15 is 0 Å². The van der Waals surface area contributed by atoms with Crippen LogP contribution in [0.15, 0.2) is 47.4 Å². The standard InChI is InChI=1S/C18H16N4O/c1-11-17(13(3)23-21-11)14-4-6-15(7-5-14)18-12(2)22-9-8-19-10-16(22)20-18/h4-10H,1-3H3. The van der Waals surface area contributed by atoms with E-state index in [0.29, 0.717) is 0 Å². The van der Waals surface area contributed by atoms with Crippen molar-refractivity contribution < 1.29 is 4.52 Å². The fraction of sp³-hybridized carbons (Fsp3) is 0.167. The second-order valence-corrected chi connectivity index (χ2v) is 5.63. The molecule has 3 aromatic heterocycles. The number of fused-ring (bicyclic) bond motifs is 1. The highest BCUT2D eigenvalue weighted by Gasteiger charge is 2.13. The minimum atomic E-state index is 0.838. The molecule has 0 aliphatic carbocycles. The Labute approximate surface area is 133 Å². The van der Waals surface area contributed by atoms with Crippen molar-refractivity contribution in [3.05, 3.63) is 60.0 Å². The van der Waals surface area contributed by atoms with E-state index in [1.807, 2.05) is 24.4 Å². The predicted octanol–water partition coefficient (Wildman–Crippen LogP) is 3.98. The van der Waals surface area contributed by atoms with Crippen molar-refractivity contribution in [2.45, 2.75) is 20.8 Å². The van der Waals surface area contributed by atoms with E-state index in [1.54, 1.807) is 12.4 Å². The summed E-state index contributed by atoms with van der Waals surface area (Å²) in [7, 11) is 0. The summed E-state index contributed by atoms with van der Waals surface area (Å²) in [6.07, 6.45) is 5.47. The molecule has 0 aliphatic rings. The molecule has 0 N–H and O–H groups in total. The van der Waals surface area contributed by atoms with Crippen molar-refractivity contribution in [2.24, 2.45) is 0 Å². The van der Waals surface area contributed by atoms with Gasteiger partial charge in [0.15, 0.2) is 5.65 Å². The zero-order valence-electron chi connectivity index (χ0n) is 13.2. The van der Waals surface area contributed by atoms with Gasteiger partial charge in [-0.1, -0.05) is 29.4 Å². The average Bonchev–Trinajstić information content (AvgIpc) is 3.08. The van der Waals surface area contributed by atoms with Gasteiger partial charge >= 0.3 is 0 Å². The summed E-state index contributed by atoms with van der Waals surface area (Å²) in [4.78, 5) is 8.81. The zero-order valence-corrected chi connectivity index (χ0v) is 13.2. The number of imidazole rings is 1. The Hall–Kier alpha value is -2.95. The molecule has 0 amide bonds. The van der Waals surface area contributed by atoms with Gasteiger partial charge in [0.25, 0.3) is 0 Å². The van der Waals surface area contributed by atoms with Gasteiger partial charge in [0.1, 0.15) is 5.76 Å². The van der Waals surface area contributed by atoms with Gasteiger partial charge in [-0.05, 0) is 26.3 Å². The Morgan fingerprint density at radius 1 is 1.00 bits per heavy atom. The van der Waals surface area contributed by atoms with Crippen LogP contribution in [-0.4, -0.2) is 19.5 Å². The van der Waals surface area contributed by atoms with Crippen LogP contribution in [0, 0.1) is 20.8 Å². The third-order valence-electron chi connectivity index (χ3n) is 4.15. The number of benzene rings is 1. The summed E-state index contributed by atoms with van der Waals surface area (Å²) < 4.78 is 7.30. The summed E-state index contributed by atoms with van der Waals surface area (Å²) >= 11 is 0. The zero-order chi connectivity index (χ0) is 16.0. The van der Waals surface area contributed by atoms with Crippen LogP contribution in [0.2, 0.25) is 0 Å². The van der Waals surface area contributed by atoms with Crippen LogP contribution in [0.5, 0.6) is 0 Å². The number of rotatable bonds is 2. The summed E-state index contributed by atoms with van der Waals surface area (Å²) in [6.45, 7) is 5.96. The number of hydrogen-bond donors (Lipinski definition) is 0. The molecule has 3 heterocycles. The lowest BCUT2D eigenvalue weighted by atomic mass is 10.0. The highest BCUT2D eigenvalue weighted by atomic mass is 16.5. The fourth-order valence-corrected chi connectivity index (χ4v) is 2.99. The van der Waals surface area contributed by atoms with Crippen LogP contribution in [-0.2, 0) is 0 Å². The van der Waals surface area contributed by atoms with Crippen LogP contribution in [0.3, 0.4) is 0 Å². The first-order chi connectivity index (χ1) is 11.1. The maximum atomic E-state index is 5.25. The third kappa shape index (κ3) is 2.12. The number of aryl methyl sites for hydroxylation is 3. The summed E-state index contributed by atoms with van der Waals surface area (Å²) in [5, 5.41) is 4.02. The molecular weight excluding hydrogens is 288 g/mol. The van der Waals surface area contributed by atoms with Crippen LogP contribution in [0.25, 0.3) is 28.0 Å². The average molecular weight is 304 g/mol. The van der Waals surface area contributed by atoms with Gasteiger partial charge < -0.3 is 8.92 Å². The minimum absolute atomic E-state index is 0.838. The molecule has 5 nitrogen and oxygen atoms in total. The molecule has 0 atom stereocenters. The molecule has 5 heteroatoms. The maximum Gasteiger partial charge on any atom is 0.156 e. The van der Waals surface area contributed by atoms with Crippen LogP contribution in [0.4, 0.5) is 0 Å². The van der Waals surface area contributed by atoms with Gasteiger partial charge in [0, 0.05) is 29.2 Å². The molecule has 0 unspecified atom stereocenters. The smallest absolute Gasteiger partial charge is 0.156 e. The minimum Gasteiger partial charge on any atom is -0.361 e. The van der Waals surface area contributed by atoms with Crippen molar-refractivity contribution in [3.8, 4) is 22.4 Å². The van der Waals surface area contributed by atoms with Crippen LogP contribution in [0.1, 0.15) is 17.1 Å². The molecule has 114 valence electrons. The summed E-state index contributed by atoms with van der Waals surface area (Å²) in [6, 6.07) is 8.35. The monoisotopic (exact) mass is 304 g/mol. The topological polar surface area (TPSA) is 56.2 Å². The molecule has 0 saturated heterocycles. The van der Waals surface area contributed by atoms with Crippen molar-refractivity contribution in [1.82, 2.24) is 19.5 Å². The highest BCUT2D eigenvalue weighted by Crippen LogP contribution is 2.30. The second kappa shape index (κ2) is 5.05. The molecule has 0 aliphatic heterocycles. The quantitative estimate of drug-likeness (QED) is 0.562. The Morgan fingerprint density at radius 3 is 2.39 bits per heavy atom. The number of nitrogens with zero attached hydrogens (tertiary/aromatic N) is 4. The van der Waals surface area contributed by atoms with E-state index in [4.69, 9.17) is 4.52 Å². The van der Waals surface area contributed by atoms with Crippen molar-refractivity contribution in [2.75, 3.05) is 0 Å². The molecule has 0 radical (unpaired) electrons. The molecule has 0 spiro atoms. The van der Waals surface area contributed by atoms with Crippen molar-refractivity contribution in [3.63, 3.8) is 0 Å². The van der Waals surface area contributed by atoms with Crippen molar-refractivity contribution in [1.29, 1.82) is 0 Å². The maximum absolute atomic E-state index is 5.25. The Kier molecular flexibility index (Phi) is 3.01. The van der Waals surface area contributed by atoms with Crippen molar-refractivity contribution >= 4 is 5.65 Å². The van der Waals surface area contributed by atoms with Gasteiger partial charge in [0.05, 0.1) is 17.6 Å². The van der Waals surface area contributed by atoms with E-state index < -0.39 is 0 Å². The second-order valence-electron chi connectivity index (χ2n) is 5.63. The third-order valence-corrected chi connectivity index (χ3v) is 4.15. The Morgan fingerprint density at radius 2 is 1.74 bits per heavy atom. The largest absolute Gasteiger partial charge is 0.361 e. The van der Waals surface area contributed by atoms with Gasteiger partial charge in [-0.2, -0.15) is 0 Å². The first kappa shape index (κ1) is 13.7. The lowest BCUT2D eigenvalue weighted by Crippen LogP contribution is -1.88. The first-order valence-electron chi connectivity index (χ1n) is 7.47. The molecule has 23 heavy (non-hydrogen) atoms. The van der Waals surface area contributed by atoms with Gasteiger partial charge in [-0.3, -0.25) is 4.98 Å². The molecule has 0 fully saturated rings. The molecular formula is C18H16N4O. The summed E-state index contributed by atoms with van der Waals surface area (Å²) in [5.74, 6) is 0.838. The Bertz CT molecular complexity index is 976. The van der Waals surface area contributed by atoms with E-state index in [2.05, 4.69) is 46.3 Å². The van der Waals surface area contributed by atoms with E-state index in [9.17, 15) is 0 Å². The van der Waals surface area contributed by atoms with E-state index in [1.165, 1.54) is 0 Å². The van der Waals surface area contributed by atoms with E-state index in [-0.39, 0.29) is 0 Å². The molecule has 4 aromatic rings. The number of hydrogen-bond acceptors (Lipinski definition) is 4. The van der Waals surface area contributed by atoms with Gasteiger partial charge in [-0.15, -0.1) is 0 Å². The first-order valence-corrected chi connectivity index (χ1v) is 7.47. The Balaban J connectivity index is 1.80. The highest BCUT2D eigenvalue weighted by molar-refractivity contribution is 5.73. The lowest BCUT2D eigenvalue weighted by Gasteiger charge is -2.03. The summed E-state index contributed by atoms with van der Waals surface area (Å²) in [5.41, 5.74) is 7.10. The number of aromatic nitrogens is 4. The molecule has 1 aromatic carbocycles. The van der Waals surface area contributed by atoms with Crippen LogP contribution < -0.4 is 0 Å². The predicted molar refractivity (Wildman–Crippen MR) is 88.1 cm³/mol. The SMILES string of the molecule is Cc1noc(C)c1-c1ccc(-c2nc3cnccn3c2C)cc1. The van der Waals surface area contributed by atoms with Gasteiger partial charge in [-0.25, -0.2) is 4.98 Å². The lowest BCUT2D eigenvalue weighted by molar-refractivity contribution is 0.393. The van der Waals surface area contributed by atoms with Gasteiger partial charge in [0.2, 0.25) is 0 Å². The van der Waals surface area contributed by atoms with Crippen LogP contribution >= 0.6 is 0 Å².